The van der Waals surface area contributed by atoms with Gasteiger partial charge >= 0.3 is 0 Å². The molecule has 2 aromatic heterocycles. The van der Waals surface area contributed by atoms with Crippen LogP contribution in [0.15, 0.2) is 48.8 Å². The van der Waals surface area contributed by atoms with Gasteiger partial charge in [0, 0.05) is 32.4 Å². The molecule has 2 unspecified atom stereocenters. The number of likely N-dealkylation sites (tertiary alicyclic amines) is 1. The van der Waals surface area contributed by atoms with E-state index in [1.165, 1.54) is 0 Å². The predicted molar refractivity (Wildman–Crippen MR) is 112 cm³/mol. The van der Waals surface area contributed by atoms with Crippen molar-refractivity contribution in [2.75, 3.05) is 25.5 Å². The van der Waals surface area contributed by atoms with Crippen LogP contribution in [0, 0.1) is 0 Å². The molecule has 1 aliphatic rings. The first-order chi connectivity index (χ1) is 14.1. The maximum Gasteiger partial charge on any atom is 0.230 e. The number of hydrogen-bond donors (Lipinski definition) is 1. The molecule has 1 amide bonds. The van der Waals surface area contributed by atoms with Gasteiger partial charge < -0.3 is 9.80 Å². The number of nitrogens with one attached hydrogen (secondary N) is 1. The van der Waals surface area contributed by atoms with E-state index in [2.05, 4.69) is 20.2 Å². The Balaban J connectivity index is 1.63. The van der Waals surface area contributed by atoms with E-state index in [0.717, 1.165) is 41.9 Å². The fourth-order valence-corrected chi connectivity index (χ4v) is 3.93. The third kappa shape index (κ3) is 3.72. The zero-order chi connectivity index (χ0) is 20.4. The Bertz CT molecular complexity index is 984. The molecule has 29 heavy (non-hydrogen) atoms. The fourth-order valence-electron chi connectivity index (χ4n) is 3.93. The van der Waals surface area contributed by atoms with E-state index in [0.29, 0.717) is 5.95 Å². The van der Waals surface area contributed by atoms with E-state index in [9.17, 15) is 4.79 Å². The molecule has 1 N–H and O–H groups in total. The number of carbonyl (C=O) groups excluding carboxylic acids is 1. The third-order valence-corrected chi connectivity index (χ3v) is 5.53. The molecule has 150 valence electrons. The summed E-state index contributed by atoms with van der Waals surface area (Å²) in [5.74, 6) is 0.616. The normalized spacial score (nSPS) is 17.3. The summed E-state index contributed by atoms with van der Waals surface area (Å²) >= 11 is 0. The highest BCUT2D eigenvalue weighted by molar-refractivity contribution is 5.84. The summed E-state index contributed by atoms with van der Waals surface area (Å²) in [6.07, 6.45) is 5.43. The van der Waals surface area contributed by atoms with Gasteiger partial charge in [0.1, 0.15) is 0 Å². The number of rotatable bonds is 5. The van der Waals surface area contributed by atoms with Gasteiger partial charge in [0.2, 0.25) is 11.9 Å². The van der Waals surface area contributed by atoms with Crippen LogP contribution in [0.4, 0.5) is 5.95 Å². The minimum Gasteiger partial charge on any atom is -0.347 e. The standard InChI is InChI=1S/C22H26N6O/c1-15(16-8-5-4-6-9-16)21(29)28-13-7-10-19(28)20-17(14-24-26-20)18-11-12-23-22(25-18)27(2)3/h4-6,8-9,11-12,14-15,19H,7,10,13H2,1-3H3,(H,24,26). The Labute approximate surface area is 170 Å². The van der Waals surface area contributed by atoms with Crippen LogP contribution in [0.1, 0.15) is 43.0 Å². The highest BCUT2D eigenvalue weighted by Gasteiger charge is 2.35. The molecule has 2 atom stereocenters. The lowest BCUT2D eigenvalue weighted by molar-refractivity contribution is -0.133. The van der Waals surface area contributed by atoms with Gasteiger partial charge in [0.15, 0.2) is 0 Å². The molecule has 1 fully saturated rings. The van der Waals surface area contributed by atoms with Gasteiger partial charge in [-0.15, -0.1) is 0 Å². The lowest BCUT2D eigenvalue weighted by Crippen LogP contribution is -2.34. The minimum absolute atomic E-state index is 0.0241. The van der Waals surface area contributed by atoms with Crippen LogP contribution in [0.5, 0.6) is 0 Å². The Morgan fingerprint density at radius 2 is 2.03 bits per heavy atom. The molecule has 3 heterocycles. The molecule has 0 saturated carbocycles. The second-order valence-electron chi connectivity index (χ2n) is 7.66. The number of H-pyrrole nitrogens is 1. The van der Waals surface area contributed by atoms with E-state index < -0.39 is 0 Å². The Morgan fingerprint density at radius 3 is 2.79 bits per heavy atom. The summed E-state index contributed by atoms with van der Waals surface area (Å²) in [7, 11) is 3.83. The number of anilines is 1. The highest BCUT2D eigenvalue weighted by Crippen LogP contribution is 2.37. The third-order valence-electron chi connectivity index (χ3n) is 5.53. The number of amides is 1. The molecule has 7 heteroatoms. The largest absolute Gasteiger partial charge is 0.347 e. The number of hydrogen-bond acceptors (Lipinski definition) is 5. The monoisotopic (exact) mass is 390 g/mol. The number of benzene rings is 1. The SMILES string of the molecule is CC(C(=O)N1CCCC1c1[nH]ncc1-c1ccnc(N(C)C)n1)c1ccccc1. The van der Waals surface area contributed by atoms with Gasteiger partial charge in [-0.05, 0) is 31.4 Å². The van der Waals surface area contributed by atoms with Crippen molar-refractivity contribution < 1.29 is 4.79 Å². The van der Waals surface area contributed by atoms with Crippen molar-refractivity contribution in [3.63, 3.8) is 0 Å². The molecule has 1 aliphatic heterocycles. The molecule has 0 radical (unpaired) electrons. The second-order valence-corrected chi connectivity index (χ2v) is 7.66. The topological polar surface area (TPSA) is 78.0 Å². The molecular weight excluding hydrogens is 364 g/mol. The molecule has 0 spiro atoms. The number of aromatic nitrogens is 4. The fraction of sp³-hybridized carbons (Fsp3) is 0.364. The summed E-state index contributed by atoms with van der Waals surface area (Å²) in [5.41, 5.74) is 3.72. The Kier molecular flexibility index (Phi) is 5.29. The predicted octanol–water partition coefficient (Wildman–Crippen LogP) is 3.40. The summed E-state index contributed by atoms with van der Waals surface area (Å²) < 4.78 is 0. The van der Waals surface area contributed by atoms with Crippen LogP contribution >= 0.6 is 0 Å². The van der Waals surface area contributed by atoms with Crippen LogP contribution < -0.4 is 4.90 Å². The lowest BCUT2D eigenvalue weighted by atomic mass is 9.98. The molecule has 0 aliphatic carbocycles. The van der Waals surface area contributed by atoms with Crippen molar-refractivity contribution in [2.24, 2.45) is 0 Å². The number of aromatic amines is 1. The zero-order valence-corrected chi connectivity index (χ0v) is 17.0. The highest BCUT2D eigenvalue weighted by atomic mass is 16.2. The molecule has 0 bridgehead atoms. The van der Waals surface area contributed by atoms with E-state index in [-0.39, 0.29) is 17.9 Å². The van der Waals surface area contributed by atoms with Crippen LogP contribution in [0.3, 0.4) is 0 Å². The summed E-state index contributed by atoms with van der Waals surface area (Å²) in [4.78, 5) is 26.1. The first kappa shape index (κ1) is 19.1. The molecule has 3 aromatic rings. The molecule has 1 saturated heterocycles. The van der Waals surface area contributed by atoms with Gasteiger partial charge in [-0.1, -0.05) is 30.3 Å². The number of nitrogens with zero attached hydrogens (tertiary/aromatic N) is 5. The molecule has 1 aromatic carbocycles. The second kappa shape index (κ2) is 8.03. The average molecular weight is 390 g/mol. The average Bonchev–Trinajstić information content (AvgIpc) is 3.42. The maximum absolute atomic E-state index is 13.3. The van der Waals surface area contributed by atoms with E-state index in [1.54, 1.807) is 12.4 Å². The first-order valence-electron chi connectivity index (χ1n) is 9.95. The minimum atomic E-state index is -0.178. The molecular formula is C22H26N6O. The van der Waals surface area contributed by atoms with Crippen LogP contribution in [-0.2, 0) is 4.79 Å². The summed E-state index contributed by atoms with van der Waals surface area (Å²) in [5, 5.41) is 7.42. The van der Waals surface area contributed by atoms with Crippen molar-refractivity contribution in [2.45, 2.75) is 31.7 Å². The van der Waals surface area contributed by atoms with Crippen molar-refractivity contribution in [3.8, 4) is 11.3 Å². The van der Waals surface area contributed by atoms with Crippen molar-refractivity contribution in [3.05, 3.63) is 60.0 Å². The van der Waals surface area contributed by atoms with Gasteiger partial charge in [-0.3, -0.25) is 9.89 Å². The van der Waals surface area contributed by atoms with Gasteiger partial charge in [0.25, 0.3) is 0 Å². The van der Waals surface area contributed by atoms with Gasteiger partial charge in [0.05, 0.1) is 29.5 Å². The van der Waals surface area contributed by atoms with E-state index in [1.807, 2.05) is 67.2 Å². The quantitative estimate of drug-likeness (QED) is 0.722. The summed E-state index contributed by atoms with van der Waals surface area (Å²) in [6.45, 7) is 2.74. The van der Waals surface area contributed by atoms with Crippen LogP contribution in [0.25, 0.3) is 11.3 Å². The van der Waals surface area contributed by atoms with Crippen LogP contribution in [0.2, 0.25) is 0 Å². The first-order valence-corrected chi connectivity index (χ1v) is 9.95. The maximum atomic E-state index is 13.3. The van der Waals surface area contributed by atoms with Gasteiger partial charge in [-0.2, -0.15) is 5.10 Å². The molecule has 7 nitrogen and oxygen atoms in total. The van der Waals surface area contributed by atoms with E-state index >= 15 is 0 Å². The Morgan fingerprint density at radius 1 is 1.24 bits per heavy atom. The number of carbonyl (C=O) groups is 1. The lowest BCUT2D eigenvalue weighted by Gasteiger charge is -2.27. The van der Waals surface area contributed by atoms with Crippen molar-refractivity contribution >= 4 is 11.9 Å². The summed E-state index contributed by atoms with van der Waals surface area (Å²) in [6, 6.07) is 11.8. The Hall–Kier alpha value is -3.22. The smallest absolute Gasteiger partial charge is 0.230 e. The van der Waals surface area contributed by atoms with Gasteiger partial charge in [-0.25, -0.2) is 9.97 Å². The van der Waals surface area contributed by atoms with Crippen molar-refractivity contribution in [1.29, 1.82) is 0 Å². The zero-order valence-electron chi connectivity index (χ0n) is 17.0. The van der Waals surface area contributed by atoms with Crippen LogP contribution in [-0.4, -0.2) is 51.6 Å². The van der Waals surface area contributed by atoms with E-state index in [4.69, 9.17) is 0 Å². The molecule has 4 rings (SSSR count). The van der Waals surface area contributed by atoms with Crippen molar-refractivity contribution in [1.82, 2.24) is 25.1 Å².